The molecular formula is C27H20ClN3O3. The number of rotatable bonds is 3. The maximum absolute atomic E-state index is 13.2. The van der Waals surface area contributed by atoms with Gasteiger partial charge in [-0.25, -0.2) is 9.69 Å². The van der Waals surface area contributed by atoms with Gasteiger partial charge in [-0.2, -0.15) is 0 Å². The fourth-order valence-electron chi connectivity index (χ4n) is 4.28. The summed E-state index contributed by atoms with van der Waals surface area (Å²) < 4.78 is 2.08. The summed E-state index contributed by atoms with van der Waals surface area (Å²) in [6, 6.07) is 21.7. The molecule has 3 aromatic carbocycles. The molecular weight excluding hydrogens is 450 g/mol. The van der Waals surface area contributed by atoms with Crippen molar-refractivity contribution in [3.05, 3.63) is 100 Å². The quantitative estimate of drug-likeness (QED) is 0.315. The van der Waals surface area contributed by atoms with Gasteiger partial charge in [0.25, 0.3) is 11.8 Å². The van der Waals surface area contributed by atoms with Crippen LogP contribution < -0.4 is 10.2 Å². The third-order valence-corrected chi connectivity index (χ3v) is 6.20. The van der Waals surface area contributed by atoms with Gasteiger partial charge < -0.3 is 4.57 Å². The summed E-state index contributed by atoms with van der Waals surface area (Å²) in [7, 11) is 0. The predicted octanol–water partition coefficient (Wildman–Crippen LogP) is 5.57. The second-order valence-corrected chi connectivity index (χ2v) is 8.56. The summed E-state index contributed by atoms with van der Waals surface area (Å²) in [6.07, 6.45) is 1.53. The summed E-state index contributed by atoms with van der Waals surface area (Å²) in [5.41, 5.74) is 3.73. The first kappa shape index (κ1) is 21.7. The van der Waals surface area contributed by atoms with Crippen LogP contribution in [0.5, 0.6) is 0 Å². The number of nitrogens with one attached hydrogen (secondary N) is 1. The maximum Gasteiger partial charge on any atom is 0.335 e. The van der Waals surface area contributed by atoms with Crippen LogP contribution in [0.15, 0.2) is 78.4 Å². The first-order valence-corrected chi connectivity index (χ1v) is 11.1. The van der Waals surface area contributed by atoms with Crippen LogP contribution in [0, 0.1) is 13.8 Å². The summed E-state index contributed by atoms with van der Waals surface area (Å²) in [5.74, 6) is -1.41. The van der Waals surface area contributed by atoms with E-state index in [1.807, 2.05) is 38.1 Å². The number of benzene rings is 3. The molecule has 1 N–H and O–H groups in total. The Hall–Kier alpha value is -4.16. The number of carbonyl (C=O) groups is 3. The molecule has 1 aliphatic heterocycles. The molecule has 4 aromatic rings. The lowest BCUT2D eigenvalue weighted by molar-refractivity contribution is -0.122. The number of anilines is 1. The van der Waals surface area contributed by atoms with E-state index >= 15 is 0 Å². The number of nitrogens with zero attached hydrogens (tertiary/aromatic N) is 2. The number of fused-ring (bicyclic) bond motifs is 1. The van der Waals surface area contributed by atoms with Gasteiger partial charge in [0.05, 0.1) is 5.69 Å². The molecule has 0 unspecified atom stereocenters. The van der Waals surface area contributed by atoms with Crippen molar-refractivity contribution < 1.29 is 14.4 Å². The molecule has 1 fully saturated rings. The number of hydrogen-bond donors (Lipinski definition) is 1. The molecule has 5 rings (SSSR count). The molecule has 1 saturated heterocycles. The van der Waals surface area contributed by atoms with E-state index in [9.17, 15) is 14.4 Å². The summed E-state index contributed by atoms with van der Waals surface area (Å²) in [5, 5.41) is 4.99. The highest BCUT2D eigenvalue weighted by Crippen LogP contribution is 2.28. The smallest absolute Gasteiger partial charge is 0.318 e. The van der Waals surface area contributed by atoms with E-state index in [0.717, 1.165) is 38.3 Å². The Morgan fingerprint density at radius 3 is 2.24 bits per heavy atom. The molecule has 2 heterocycles. The largest absolute Gasteiger partial charge is 0.335 e. The van der Waals surface area contributed by atoms with Gasteiger partial charge >= 0.3 is 6.03 Å². The summed E-state index contributed by atoms with van der Waals surface area (Å²) >= 11 is 5.93. The Morgan fingerprint density at radius 2 is 1.50 bits per heavy atom. The Balaban J connectivity index is 1.56. The molecule has 6 nitrogen and oxygen atoms in total. The van der Waals surface area contributed by atoms with Crippen molar-refractivity contribution in [1.29, 1.82) is 0 Å². The van der Waals surface area contributed by atoms with Gasteiger partial charge in [-0.3, -0.25) is 14.9 Å². The van der Waals surface area contributed by atoms with Gasteiger partial charge in [0.2, 0.25) is 0 Å². The van der Waals surface area contributed by atoms with Gasteiger partial charge in [-0.1, -0.05) is 41.9 Å². The first-order chi connectivity index (χ1) is 16.3. The molecule has 34 heavy (non-hydrogen) atoms. The van der Waals surface area contributed by atoms with Crippen molar-refractivity contribution in [2.45, 2.75) is 13.8 Å². The Bertz CT molecular complexity index is 1520. The van der Waals surface area contributed by atoms with Gasteiger partial charge in [0.1, 0.15) is 5.57 Å². The van der Waals surface area contributed by atoms with Crippen molar-refractivity contribution in [2.24, 2.45) is 0 Å². The lowest BCUT2D eigenvalue weighted by atomic mass is 10.1. The predicted molar refractivity (Wildman–Crippen MR) is 133 cm³/mol. The Kier molecular flexibility index (Phi) is 5.30. The lowest BCUT2D eigenvalue weighted by Gasteiger charge is -2.26. The first-order valence-electron chi connectivity index (χ1n) is 10.7. The van der Waals surface area contributed by atoms with E-state index < -0.39 is 17.8 Å². The highest BCUT2D eigenvalue weighted by atomic mass is 35.5. The van der Waals surface area contributed by atoms with E-state index in [4.69, 9.17) is 11.6 Å². The van der Waals surface area contributed by atoms with E-state index in [1.165, 1.54) is 6.08 Å². The summed E-state index contributed by atoms with van der Waals surface area (Å²) in [4.78, 5) is 39.1. The topological polar surface area (TPSA) is 71.4 Å². The number of carbonyl (C=O) groups excluding carboxylic acids is 3. The van der Waals surface area contributed by atoms with Gasteiger partial charge in [0.15, 0.2) is 0 Å². The van der Waals surface area contributed by atoms with E-state index in [2.05, 4.69) is 34.1 Å². The maximum atomic E-state index is 13.2. The number of hydrogen-bond acceptors (Lipinski definition) is 3. The zero-order chi connectivity index (χ0) is 24.0. The molecule has 0 radical (unpaired) electrons. The average Bonchev–Trinajstić information content (AvgIpc) is 3.10. The molecule has 4 amide bonds. The van der Waals surface area contributed by atoms with Gasteiger partial charge in [-0.05, 0) is 78.7 Å². The van der Waals surface area contributed by atoms with Crippen LogP contribution in [0.3, 0.4) is 0 Å². The Labute approximate surface area is 201 Å². The van der Waals surface area contributed by atoms with Crippen molar-refractivity contribution in [2.75, 3.05) is 4.90 Å². The van der Waals surface area contributed by atoms with Crippen LogP contribution in [0.4, 0.5) is 10.5 Å². The van der Waals surface area contributed by atoms with Crippen molar-refractivity contribution in [3.63, 3.8) is 0 Å². The number of amides is 4. The van der Waals surface area contributed by atoms with Crippen LogP contribution in [-0.2, 0) is 9.59 Å². The number of aryl methyl sites for hydroxylation is 1. The fraction of sp³-hybridized carbons (Fsp3) is 0.0741. The number of barbiturate groups is 1. The van der Waals surface area contributed by atoms with Crippen LogP contribution in [0.1, 0.15) is 17.0 Å². The highest BCUT2D eigenvalue weighted by molar-refractivity contribution is 6.39. The molecule has 0 saturated carbocycles. The minimum Gasteiger partial charge on any atom is -0.318 e. The minimum absolute atomic E-state index is 0.117. The monoisotopic (exact) mass is 469 g/mol. The molecule has 0 bridgehead atoms. The van der Waals surface area contributed by atoms with E-state index in [0.29, 0.717) is 10.7 Å². The highest BCUT2D eigenvalue weighted by Gasteiger charge is 2.37. The van der Waals surface area contributed by atoms with E-state index in [1.54, 1.807) is 24.3 Å². The molecule has 1 aromatic heterocycles. The van der Waals surface area contributed by atoms with Crippen LogP contribution >= 0.6 is 11.6 Å². The standard InChI is InChI=1S/C27H20ClN3O3/c1-16-13-20(17(2)30(16)23-10-7-18-5-3-4-6-19(18)14-23)15-24-25(32)29-27(34)31(26(24)33)22-11-8-21(28)9-12-22/h3-15H,1-2H3,(H,29,32,34)/b24-15+. The normalized spacial score (nSPS) is 15.3. The number of halogens is 1. The molecule has 0 spiro atoms. The van der Waals surface area contributed by atoms with Crippen molar-refractivity contribution in [3.8, 4) is 5.69 Å². The zero-order valence-corrected chi connectivity index (χ0v) is 19.3. The van der Waals surface area contributed by atoms with Crippen LogP contribution in [0.25, 0.3) is 22.5 Å². The lowest BCUT2D eigenvalue weighted by Crippen LogP contribution is -2.54. The minimum atomic E-state index is -0.795. The van der Waals surface area contributed by atoms with E-state index in [-0.39, 0.29) is 5.57 Å². The molecule has 0 atom stereocenters. The van der Waals surface area contributed by atoms with Gasteiger partial charge in [0, 0.05) is 22.1 Å². The third kappa shape index (κ3) is 3.68. The molecule has 7 heteroatoms. The van der Waals surface area contributed by atoms with Crippen molar-refractivity contribution in [1.82, 2.24) is 9.88 Å². The van der Waals surface area contributed by atoms with Crippen LogP contribution in [-0.4, -0.2) is 22.4 Å². The van der Waals surface area contributed by atoms with Gasteiger partial charge in [-0.15, -0.1) is 0 Å². The zero-order valence-electron chi connectivity index (χ0n) is 18.5. The number of urea groups is 1. The molecule has 0 aliphatic carbocycles. The average molecular weight is 470 g/mol. The SMILES string of the molecule is Cc1cc(/C=C2\C(=O)NC(=O)N(c3ccc(Cl)cc3)C2=O)c(C)n1-c1ccc2ccccc2c1. The van der Waals surface area contributed by atoms with Crippen LogP contribution in [0.2, 0.25) is 5.02 Å². The number of aromatic nitrogens is 1. The molecule has 168 valence electrons. The van der Waals surface area contributed by atoms with Crippen molar-refractivity contribution >= 4 is 52.0 Å². The Morgan fingerprint density at radius 1 is 0.824 bits per heavy atom. The fourth-order valence-corrected chi connectivity index (χ4v) is 4.41. The second kappa shape index (κ2) is 8.32. The molecule has 1 aliphatic rings. The third-order valence-electron chi connectivity index (χ3n) is 5.95. The number of imide groups is 2. The summed E-state index contributed by atoms with van der Waals surface area (Å²) in [6.45, 7) is 3.90. The second-order valence-electron chi connectivity index (χ2n) is 8.13.